The molecule has 6 nitrogen and oxygen atoms in total. The van der Waals surface area contributed by atoms with E-state index in [1.165, 1.54) is 0 Å². The van der Waals surface area contributed by atoms with Crippen LogP contribution in [0.5, 0.6) is 0 Å². The van der Waals surface area contributed by atoms with Gasteiger partial charge in [0.1, 0.15) is 5.60 Å². The fourth-order valence-electron chi connectivity index (χ4n) is 2.44. The molecule has 1 N–H and O–H groups in total. The van der Waals surface area contributed by atoms with Crippen LogP contribution < -0.4 is 5.32 Å². The fourth-order valence-corrected chi connectivity index (χ4v) is 2.44. The van der Waals surface area contributed by atoms with Gasteiger partial charge in [0.15, 0.2) is 0 Å². The highest BCUT2D eigenvalue weighted by Gasteiger charge is 2.37. The van der Waals surface area contributed by atoms with Gasteiger partial charge in [-0.15, -0.1) is 0 Å². The van der Waals surface area contributed by atoms with E-state index in [9.17, 15) is 4.79 Å². The number of methoxy groups -OCH3 is 2. The van der Waals surface area contributed by atoms with Crippen molar-refractivity contribution in [2.75, 3.05) is 33.9 Å². The highest BCUT2D eigenvalue weighted by molar-refractivity contribution is 5.68. The van der Waals surface area contributed by atoms with Gasteiger partial charge in [-0.3, -0.25) is 0 Å². The molecule has 3 atom stereocenters. The number of rotatable bonds is 6. The average Bonchev–Trinajstić information content (AvgIpc) is 2.79. The van der Waals surface area contributed by atoms with Gasteiger partial charge in [0.25, 0.3) is 0 Å². The van der Waals surface area contributed by atoms with Gasteiger partial charge in [-0.1, -0.05) is 6.92 Å². The van der Waals surface area contributed by atoms with E-state index in [0.29, 0.717) is 19.7 Å². The van der Waals surface area contributed by atoms with Crippen molar-refractivity contribution in [2.45, 2.75) is 57.9 Å². The molecule has 1 rings (SSSR count). The monoisotopic (exact) mass is 302 g/mol. The zero-order chi connectivity index (χ0) is 16.0. The molecule has 0 spiro atoms. The van der Waals surface area contributed by atoms with Crippen molar-refractivity contribution in [3.05, 3.63) is 0 Å². The standard InChI is InChI=1S/C15H30N2O4/c1-7-11(10-19-5)16-12-8-17(9-13(12)20-6)14(18)21-15(2,3)4/h11-13,16H,7-10H2,1-6H3/t11?,12?,13-/m0/s1. The minimum absolute atomic E-state index is 0.0246. The summed E-state index contributed by atoms with van der Waals surface area (Å²) in [6.07, 6.45) is 0.657. The summed E-state index contributed by atoms with van der Waals surface area (Å²) in [5.41, 5.74) is -0.479. The second-order valence-corrected chi connectivity index (χ2v) is 6.49. The maximum absolute atomic E-state index is 12.1. The minimum Gasteiger partial charge on any atom is -0.444 e. The van der Waals surface area contributed by atoms with Gasteiger partial charge < -0.3 is 24.4 Å². The quantitative estimate of drug-likeness (QED) is 0.808. The SMILES string of the molecule is CCC(COC)NC1CN(C(=O)OC(C)(C)C)C[C@@H]1OC. The summed E-state index contributed by atoms with van der Waals surface area (Å²) in [5, 5.41) is 3.52. The molecule has 1 aliphatic rings. The molecule has 1 amide bonds. The van der Waals surface area contributed by atoms with E-state index in [1.54, 1.807) is 19.1 Å². The fraction of sp³-hybridized carbons (Fsp3) is 0.933. The average molecular weight is 302 g/mol. The highest BCUT2D eigenvalue weighted by Crippen LogP contribution is 2.18. The van der Waals surface area contributed by atoms with E-state index in [4.69, 9.17) is 14.2 Å². The normalized spacial score (nSPS) is 24.2. The van der Waals surface area contributed by atoms with Crippen LogP contribution in [0.15, 0.2) is 0 Å². The molecule has 1 fully saturated rings. The maximum atomic E-state index is 12.1. The Bertz CT molecular complexity index is 330. The van der Waals surface area contributed by atoms with E-state index >= 15 is 0 Å². The lowest BCUT2D eigenvalue weighted by molar-refractivity contribution is 0.0252. The topological polar surface area (TPSA) is 60.0 Å². The minimum atomic E-state index is -0.479. The number of amides is 1. The Kier molecular flexibility index (Phi) is 6.90. The van der Waals surface area contributed by atoms with Crippen molar-refractivity contribution in [1.29, 1.82) is 0 Å². The third-order valence-electron chi connectivity index (χ3n) is 3.53. The largest absolute Gasteiger partial charge is 0.444 e. The number of carbonyl (C=O) groups is 1. The number of nitrogens with one attached hydrogen (secondary N) is 1. The lowest BCUT2D eigenvalue weighted by Gasteiger charge is -2.25. The summed E-state index contributed by atoms with van der Waals surface area (Å²) in [7, 11) is 3.37. The molecule has 1 saturated heterocycles. The highest BCUT2D eigenvalue weighted by atomic mass is 16.6. The van der Waals surface area contributed by atoms with E-state index in [2.05, 4.69) is 12.2 Å². The number of carbonyl (C=O) groups excluding carboxylic acids is 1. The second kappa shape index (κ2) is 7.96. The molecule has 124 valence electrons. The molecule has 0 aromatic rings. The Labute approximate surface area is 128 Å². The van der Waals surface area contributed by atoms with Crippen molar-refractivity contribution in [3.8, 4) is 0 Å². The Morgan fingerprint density at radius 2 is 2.00 bits per heavy atom. The molecule has 0 aromatic heterocycles. The van der Waals surface area contributed by atoms with Crippen LogP contribution in [0, 0.1) is 0 Å². The molecule has 0 aliphatic carbocycles. The molecule has 0 bridgehead atoms. The first-order valence-corrected chi connectivity index (χ1v) is 7.56. The van der Waals surface area contributed by atoms with Crippen LogP contribution in [0.25, 0.3) is 0 Å². The first kappa shape index (κ1) is 18.2. The van der Waals surface area contributed by atoms with Crippen molar-refractivity contribution in [3.63, 3.8) is 0 Å². The van der Waals surface area contributed by atoms with Gasteiger partial charge in [-0.05, 0) is 27.2 Å². The van der Waals surface area contributed by atoms with E-state index in [-0.39, 0.29) is 24.3 Å². The third kappa shape index (κ3) is 5.80. The number of hydrogen-bond donors (Lipinski definition) is 1. The second-order valence-electron chi connectivity index (χ2n) is 6.49. The van der Waals surface area contributed by atoms with Crippen LogP contribution in [0.4, 0.5) is 4.79 Å². The summed E-state index contributed by atoms with van der Waals surface area (Å²) in [5.74, 6) is 0. The van der Waals surface area contributed by atoms with E-state index in [0.717, 1.165) is 6.42 Å². The molecular formula is C15H30N2O4. The van der Waals surface area contributed by atoms with Gasteiger partial charge in [-0.25, -0.2) is 4.79 Å². The van der Waals surface area contributed by atoms with Gasteiger partial charge in [0, 0.05) is 26.8 Å². The molecule has 0 aromatic carbocycles. The zero-order valence-corrected chi connectivity index (χ0v) is 14.1. The van der Waals surface area contributed by atoms with Crippen LogP contribution in [-0.2, 0) is 14.2 Å². The van der Waals surface area contributed by atoms with E-state index < -0.39 is 5.60 Å². The maximum Gasteiger partial charge on any atom is 0.410 e. The molecule has 6 heteroatoms. The summed E-state index contributed by atoms with van der Waals surface area (Å²) >= 11 is 0. The van der Waals surface area contributed by atoms with Gasteiger partial charge in [0.05, 0.1) is 25.3 Å². The van der Waals surface area contributed by atoms with Gasteiger partial charge in [0.2, 0.25) is 0 Å². The molecule has 0 saturated carbocycles. The summed E-state index contributed by atoms with van der Waals surface area (Å²) in [6, 6.07) is 0.360. The lowest BCUT2D eigenvalue weighted by atomic mass is 10.1. The molecular weight excluding hydrogens is 272 g/mol. The van der Waals surface area contributed by atoms with Gasteiger partial charge in [-0.2, -0.15) is 0 Å². The van der Waals surface area contributed by atoms with Crippen LogP contribution in [0.1, 0.15) is 34.1 Å². The van der Waals surface area contributed by atoms with E-state index in [1.807, 2.05) is 20.8 Å². The number of likely N-dealkylation sites (tertiary alicyclic amines) is 1. The molecule has 0 radical (unpaired) electrons. The van der Waals surface area contributed by atoms with Crippen LogP contribution in [0.3, 0.4) is 0 Å². The molecule has 1 aliphatic heterocycles. The van der Waals surface area contributed by atoms with Crippen molar-refractivity contribution >= 4 is 6.09 Å². The Hall–Kier alpha value is -0.850. The summed E-state index contributed by atoms with van der Waals surface area (Å²) < 4.78 is 16.1. The number of hydrogen-bond acceptors (Lipinski definition) is 5. The predicted octanol–water partition coefficient (Wildman–Crippen LogP) is 1.64. The van der Waals surface area contributed by atoms with Crippen LogP contribution in [0.2, 0.25) is 0 Å². The van der Waals surface area contributed by atoms with Crippen molar-refractivity contribution < 1.29 is 19.0 Å². The van der Waals surface area contributed by atoms with Crippen molar-refractivity contribution in [2.24, 2.45) is 0 Å². The smallest absolute Gasteiger partial charge is 0.410 e. The Morgan fingerprint density at radius 3 is 2.48 bits per heavy atom. The third-order valence-corrected chi connectivity index (χ3v) is 3.53. The predicted molar refractivity (Wildman–Crippen MR) is 81.5 cm³/mol. The number of ether oxygens (including phenoxy) is 3. The number of nitrogens with zero attached hydrogens (tertiary/aromatic N) is 1. The summed E-state index contributed by atoms with van der Waals surface area (Å²) in [4.78, 5) is 13.8. The molecule has 2 unspecified atom stereocenters. The van der Waals surface area contributed by atoms with Crippen LogP contribution >= 0.6 is 0 Å². The molecule has 21 heavy (non-hydrogen) atoms. The van der Waals surface area contributed by atoms with Crippen LogP contribution in [-0.4, -0.2) is 68.7 Å². The molecule has 1 heterocycles. The summed E-state index contributed by atoms with van der Waals surface area (Å²) in [6.45, 7) is 9.51. The zero-order valence-electron chi connectivity index (χ0n) is 14.1. The Morgan fingerprint density at radius 1 is 1.33 bits per heavy atom. The van der Waals surface area contributed by atoms with Gasteiger partial charge >= 0.3 is 6.09 Å². The lowest BCUT2D eigenvalue weighted by Crippen LogP contribution is -2.47. The first-order chi connectivity index (χ1) is 9.80. The Balaban J connectivity index is 2.60. The van der Waals surface area contributed by atoms with Crippen molar-refractivity contribution in [1.82, 2.24) is 10.2 Å². The first-order valence-electron chi connectivity index (χ1n) is 7.56.